The highest BCUT2D eigenvalue weighted by atomic mass is 16.1. The van der Waals surface area contributed by atoms with E-state index < -0.39 is 0 Å². The average molecular weight is 161 g/mol. The molecule has 2 heterocycles. The van der Waals surface area contributed by atoms with Crippen molar-refractivity contribution in [2.24, 2.45) is 0 Å². The minimum atomic E-state index is -0.306. The van der Waals surface area contributed by atoms with Crippen LogP contribution in [-0.4, -0.2) is 19.8 Å². The van der Waals surface area contributed by atoms with E-state index in [0.29, 0.717) is 0 Å². The standard InChI is InChI=1S/C6H3N5O/c7-2-4-1-5-6(12)8-3-9-11(5)10-4/h1,3H,(H,8,9,12). The molecule has 2 rings (SSSR count). The van der Waals surface area contributed by atoms with Gasteiger partial charge >= 0.3 is 0 Å². The van der Waals surface area contributed by atoms with E-state index in [1.807, 2.05) is 6.07 Å². The van der Waals surface area contributed by atoms with Crippen molar-refractivity contribution in [2.45, 2.75) is 0 Å². The monoisotopic (exact) mass is 161 g/mol. The van der Waals surface area contributed by atoms with Gasteiger partial charge in [-0.05, 0) is 0 Å². The van der Waals surface area contributed by atoms with Crippen LogP contribution in [0, 0.1) is 11.3 Å². The lowest BCUT2D eigenvalue weighted by Gasteiger charge is -1.85. The SMILES string of the molecule is N#Cc1cc2c(=O)[nH]cnn2n1. The Balaban J connectivity index is 2.95. The molecule has 2 aromatic heterocycles. The van der Waals surface area contributed by atoms with Crippen LogP contribution in [0.4, 0.5) is 0 Å². The molecule has 0 spiro atoms. The zero-order valence-electron chi connectivity index (χ0n) is 5.85. The number of H-pyrrole nitrogens is 1. The largest absolute Gasteiger partial charge is 0.310 e. The maximum absolute atomic E-state index is 11.0. The van der Waals surface area contributed by atoms with E-state index in [-0.39, 0.29) is 16.8 Å². The topological polar surface area (TPSA) is 86.8 Å². The van der Waals surface area contributed by atoms with Gasteiger partial charge in [-0.2, -0.15) is 5.26 Å². The Morgan fingerprint density at radius 1 is 1.67 bits per heavy atom. The van der Waals surface area contributed by atoms with Gasteiger partial charge in [0.25, 0.3) is 5.56 Å². The molecule has 0 bridgehead atoms. The van der Waals surface area contributed by atoms with Gasteiger partial charge in [0, 0.05) is 6.07 Å². The second-order valence-electron chi connectivity index (χ2n) is 2.13. The van der Waals surface area contributed by atoms with E-state index >= 15 is 0 Å². The molecule has 0 saturated heterocycles. The number of hydrogen-bond acceptors (Lipinski definition) is 4. The van der Waals surface area contributed by atoms with Gasteiger partial charge in [0.15, 0.2) is 11.2 Å². The van der Waals surface area contributed by atoms with Crippen LogP contribution < -0.4 is 5.56 Å². The molecule has 0 aliphatic heterocycles. The Hall–Kier alpha value is -2.16. The average Bonchev–Trinajstić information content (AvgIpc) is 2.49. The number of nitrogens with one attached hydrogen (secondary N) is 1. The quantitative estimate of drug-likeness (QED) is 0.552. The van der Waals surface area contributed by atoms with Crippen molar-refractivity contribution >= 4 is 5.52 Å². The molecule has 0 aliphatic rings. The number of fused-ring (bicyclic) bond motifs is 1. The third kappa shape index (κ3) is 0.769. The Kier molecular flexibility index (Phi) is 1.18. The molecule has 0 aromatic carbocycles. The van der Waals surface area contributed by atoms with Gasteiger partial charge in [-0.25, -0.2) is 0 Å². The molecule has 0 fully saturated rings. The molecule has 0 atom stereocenters. The van der Waals surface area contributed by atoms with Crippen LogP contribution >= 0.6 is 0 Å². The fourth-order valence-corrected chi connectivity index (χ4v) is 0.887. The number of nitriles is 1. The third-order valence-electron chi connectivity index (χ3n) is 1.40. The molecular formula is C6H3N5O. The van der Waals surface area contributed by atoms with Crippen molar-refractivity contribution in [1.29, 1.82) is 5.26 Å². The minimum Gasteiger partial charge on any atom is -0.310 e. The summed E-state index contributed by atoms with van der Waals surface area (Å²) in [7, 11) is 0. The lowest BCUT2D eigenvalue weighted by atomic mass is 10.4. The third-order valence-corrected chi connectivity index (χ3v) is 1.40. The van der Waals surface area contributed by atoms with E-state index in [9.17, 15) is 4.79 Å². The first-order valence-electron chi connectivity index (χ1n) is 3.15. The van der Waals surface area contributed by atoms with Crippen molar-refractivity contribution in [1.82, 2.24) is 19.8 Å². The molecule has 6 heteroatoms. The van der Waals surface area contributed by atoms with Crippen LogP contribution in [0.3, 0.4) is 0 Å². The summed E-state index contributed by atoms with van der Waals surface area (Å²) in [5.74, 6) is 0. The number of nitrogens with zero attached hydrogens (tertiary/aromatic N) is 4. The number of hydrogen-bond donors (Lipinski definition) is 1. The first-order valence-corrected chi connectivity index (χ1v) is 3.15. The molecule has 0 aliphatic carbocycles. The van der Waals surface area contributed by atoms with Crippen molar-refractivity contribution < 1.29 is 0 Å². The van der Waals surface area contributed by atoms with Crippen LogP contribution in [0.1, 0.15) is 5.69 Å². The fraction of sp³-hybridized carbons (Fsp3) is 0. The predicted molar refractivity (Wildman–Crippen MR) is 38.3 cm³/mol. The zero-order valence-corrected chi connectivity index (χ0v) is 5.85. The molecule has 1 N–H and O–H groups in total. The molecular weight excluding hydrogens is 158 g/mol. The Bertz CT molecular complexity index is 516. The van der Waals surface area contributed by atoms with Crippen LogP contribution in [-0.2, 0) is 0 Å². The van der Waals surface area contributed by atoms with Gasteiger partial charge in [-0.1, -0.05) is 0 Å². The molecule has 0 saturated carbocycles. The zero-order chi connectivity index (χ0) is 8.55. The van der Waals surface area contributed by atoms with E-state index in [1.165, 1.54) is 12.4 Å². The second-order valence-corrected chi connectivity index (χ2v) is 2.13. The molecule has 58 valence electrons. The first-order chi connectivity index (χ1) is 5.81. The Labute approximate surface area is 66.1 Å². The summed E-state index contributed by atoms with van der Waals surface area (Å²) in [5.41, 5.74) is 0.146. The van der Waals surface area contributed by atoms with E-state index in [1.54, 1.807) is 0 Å². The van der Waals surface area contributed by atoms with Crippen molar-refractivity contribution in [3.05, 3.63) is 28.4 Å². The number of aromatic amines is 1. The number of rotatable bonds is 0. The highest BCUT2D eigenvalue weighted by Crippen LogP contribution is 1.95. The Morgan fingerprint density at radius 2 is 2.50 bits per heavy atom. The summed E-state index contributed by atoms with van der Waals surface area (Å²) in [6, 6.07) is 3.20. The van der Waals surface area contributed by atoms with E-state index in [2.05, 4.69) is 15.2 Å². The normalized spacial score (nSPS) is 9.92. The fourth-order valence-electron chi connectivity index (χ4n) is 0.887. The van der Waals surface area contributed by atoms with Crippen LogP contribution in [0.2, 0.25) is 0 Å². The van der Waals surface area contributed by atoms with Gasteiger partial charge in [0.1, 0.15) is 12.4 Å². The highest BCUT2D eigenvalue weighted by Gasteiger charge is 2.03. The van der Waals surface area contributed by atoms with Crippen LogP contribution in [0.25, 0.3) is 5.52 Å². The molecule has 6 nitrogen and oxygen atoms in total. The maximum atomic E-state index is 11.0. The number of aromatic nitrogens is 4. The molecule has 0 amide bonds. The summed E-state index contributed by atoms with van der Waals surface area (Å²) in [6.07, 6.45) is 1.23. The lowest BCUT2D eigenvalue weighted by Crippen LogP contribution is -2.10. The second kappa shape index (κ2) is 2.17. The van der Waals surface area contributed by atoms with Crippen molar-refractivity contribution in [3.63, 3.8) is 0 Å². The van der Waals surface area contributed by atoms with E-state index in [0.717, 1.165) is 4.63 Å². The maximum Gasteiger partial charge on any atom is 0.277 e. The Morgan fingerprint density at radius 3 is 3.17 bits per heavy atom. The minimum absolute atomic E-state index is 0.180. The molecule has 12 heavy (non-hydrogen) atoms. The summed E-state index contributed by atoms with van der Waals surface area (Å²) in [4.78, 5) is 13.4. The smallest absolute Gasteiger partial charge is 0.277 e. The van der Waals surface area contributed by atoms with E-state index in [4.69, 9.17) is 5.26 Å². The van der Waals surface area contributed by atoms with Gasteiger partial charge in [-0.3, -0.25) is 4.79 Å². The molecule has 0 radical (unpaired) electrons. The summed E-state index contributed by atoms with van der Waals surface area (Å²) in [6.45, 7) is 0. The summed E-state index contributed by atoms with van der Waals surface area (Å²) in [5, 5.41) is 15.9. The van der Waals surface area contributed by atoms with Gasteiger partial charge in [0.2, 0.25) is 0 Å². The van der Waals surface area contributed by atoms with Crippen molar-refractivity contribution in [2.75, 3.05) is 0 Å². The highest BCUT2D eigenvalue weighted by molar-refractivity contribution is 5.46. The lowest BCUT2D eigenvalue weighted by molar-refractivity contribution is 0.769. The predicted octanol–water partition coefficient (Wildman–Crippen LogP) is -0.711. The van der Waals surface area contributed by atoms with Gasteiger partial charge < -0.3 is 4.98 Å². The summed E-state index contributed by atoms with van der Waals surface area (Å²) < 4.78 is 1.12. The molecule has 2 aromatic rings. The van der Waals surface area contributed by atoms with Crippen LogP contribution in [0.15, 0.2) is 17.2 Å². The van der Waals surface area contributed by atoms with Crippen LogP contribution in [0.5, 0.6) is 0 Å². The van der Waals surface area contributed by atoms with Gasteiger partial charge in [0.05, 0.1) is 0 Å². The molecule has 0 unspecified atom stereocenters. The summed E-state index contributed by atoms with van der Waals surface area (Å²) >= 11 is 0. The van der Waals surface area contributed by atoms with Gasteiger partial charge in [-0.15, -0.1) is 14.8 Å². The van der Waals surface area contributed by atoms with Crippen molar-refractivity contribution in [3.8, 4) is 6.07 Å². The first kappa shape index (κ1) is 6.54.